The van der Waals surface area contributed by atoms with Crippen LogP contribution in [0.5, 0.6) is 11.5 Å². The van der Waals surface area contributed by atoms with Gasteiger partial charge in [0.1, 0.15) is 11.5 Å². The van der Waals surface area contributed by atoms with Crippen molar-refractivity contribution in [2.24, 2.45) is 16.3 Å². The molecule has 28 heavy (non-hydrogen) atoms. The van der Waals surface area contributed by atoms with Crippen molar-refractivity contribution in [3.63, 3.8) is 0 Å². The molecule has 0 radical (unpaired) electrons. The topological polar surface area (TPSA) is 55.3 Å². The van der Waals surface area contributed by atoms with Crippen LogP contribution in [0.15, 0.2) is 23.2 Å². The third kappa shape index (κ3) is 3.21. The Morgan fingerprint density at radius 1 is 1.18 bits per heavy atom. The second kappa shape index (κ2) is 7.47. The van der Waals surface area contributed by atoms with Crippen molar-refractivity contribution in [1.82, 2.24) is 10.2 Å². The van der Waals surface area contributed by atoms with E-state index in [1.807, 2.05) is 13.1 Å². The van der Waals surface area contributed by atoms with Gasteiger partial charge in [-0.25, -0.2) is 0 Å². The van der Waals surface area contributed by atoms with Crippen molar-refractivity contribution in [3.8, 4) is 11.5 Å². The molecule has 2 saturated heterocycles. The Morgan fingerprint density at radius 3 is 2.54 bits per heavy atom. The Labute approximate surface area is 168 Å². The number of likely N-dealkylation sites (tertiary alicyclic amines) is 1. The summed E-state index contributed by atoms with van der Waals surface area (Å²) in [5.74, 6) is 3.76. The number of methoxy groups -OCH3 is 2. The van der Waals surface area contributed by atoms with Gasteiger partial charge in [0, 0.05) is 56.1 Å². The average Bonchev–Trinajstić information content (AvgIpc) is 3.37. The van der Waals surface area contributed by atoms with Gasteiger partial charge in [0.15, 0.2) is 5.96 Å². The number of hydrogen-bond donors (Lipinski definition) is 1. The lowest BCUT2D eigenvalue weighted by molar-refractivity contribution is -0.107. The van der Waals surface area contributed by atoms with Crippen LogP contribution in [0.2, 0.25) is 0 Å². The molecule has 1 aliphatic carbocycles. The molecule has 4 atom stereocenters. The van der Waals surface area contributed by atoms with Crippen LogP contribution >= 0.6 is 0 Å². The van der Waals surface area contributed by atoms with Gasteiger partial charge in [0.05, 0.1) is 20.3 Å². The van der Waals surface area contributed by atoms with Crippen LogP contribution < -0.4 is 14.8 Å². The number of fused-ring (bicyclic) bond motifs is 1. The third-order valence-electron chi connectivity index (χ3n) is 6.93. The van der Waals surface area contributed by atoms with Gasteiger partial charge in [0.25, 0.3) is 0 Å². The zero-order chi connectivity index (χ0) is 19.9. The molecule has 154 valence electrons. The van der Waals surface area contributed by atoms with E-state index in [1.165, 1.54) is 5.56 Å². The van der Waals surface area contributed by atoms with Crippen molar-refractivity contribution < 1.29 is 14.2 Å². The van der Waals surface area contributed by atoms with E-state index < -0.39 is 0 Å². The quantitative estimate of drug-likeness (QED) is 0.636. The van der Waals surface area contributed by atoms with Crippen LogP contribution in [-0.2, 0) is 4.74 Å². The minimum absolute atomic E-state index is 0.149. The van der Waals surface area contributed by atoms with Gasteiger partial charge in [-0.3, -0.25) is 4.99 Å². The Hall–Kier alpha value is -1.95. The fourth-order valence-corrected chi connectivity index (χ4v) is 5.34. The van der Waals surface area contributed by atoms with E-state index in [4.69, 9.17) is 14.2 Å². The van der Waals surface area contributed by atoms with Crippen LogP contribution in [0.25, 0.3) is 0 Å². The molecule has 0 amide bonds. The molecule has 1 aromatic rings. The van der Waals surface area contributed by atoms with Gasteiger partial charge >= 0.3 is 0 Å². The second-order valence-corrected chi connectivity index (χ2v) is 8.81. The highest BCUT2D eigenvalue weighted by molar-refractivity contribution is 5.81. The summed E-state index contributed by atoms with van der Waals surface area (Å²) in [6.07, 6.45) is 2.63. The SMILES string of the molecule is CN=C(NC1C2CCOC2C1(C)C)N1CCC(c2cc(OC)cc(OC)c2)C1. The molecule has 1 N–H and O–H groups in total. The lowest BCUT2D eigenvalue weighted by Crippen LogP contribution is -2.68. The number of hydrogen-bond acceptors (Lipinski definition) is 4. The number of aliphatic imine (C=N–C) groups is 1. The summed E-state index contributed by atoms with van der Waals surface area (Å²) < 4.78 is 16.8. The lowest BCUT2D eigenvalue weighted by Gasteiger charge is -2.55. The fourth-order valence-electron chi connectivity index (χ4n) is 5.34. The van der Waals surface area contributed by atoms with Gasteiger partial charge < -0.3 is 24.4 Å². The monoisotopic (exact) mass is 387 g/mol. The number of guanidine groups is 1. The van der Waals surface area contributed by atoms with Crippen LogP contribution in [0.1, 0.15) is 38.2 Å². The normalized spacial score (nSPS) is 31.3. The van der Waals surface area contributed by atoms with Gasteiger partial charge in [-0.2, -0.15) is 0 Å². The number of rotatable bonds is 4. The molecule has 2 heterocycles. The van der Waals surface area contributed by atoms with E-state index in [1.54, 1.807) is 14.2 Å². The molecule has 0 bridgehead atoms. The number of ether oxygens (including phenoxy) is 3. The van der Waals surface area contributed by atoms with E-state index in [-0.39, 0.29) is 5.41 Å². The number of benzene rings is 1. The molecule has 6 heteroatoms. The van der Waals surface area contributed by atoms with E-state index in [0.29, 0.717) is 24.0 Å². The van der Waals surface area contributed by atoms with Crippen LogP contribution in [0, 0.1) is 11.3 Å². The molecule has 6 nitrogen and oxygen atoms in total. The van der Waals surface area contributed by atoms with Crippen LogP contribution in [0.4, 0.5) is 0 Å². The molecular weight excluding hydrogens is 354 g/mol. The van der Waals surface area contributed by atoms with E-state index in [0.717, 1.165) is 50.0 Å². The standard InChI is InChI=1S/C22H33N3O3/c1-22(2)19(18-7-9-28-20(18)22)24-21(23-3)25-8-6-14(13-25)15-10-16(26-4)12-17(11-15)27-5/h10-12,14,18-20H,6-9,13H2,1-5H3,(H,23,24). The second-order valence-electron chi connectivity index (χ2n) is 8.81. The smallest absolute Gasteiger partial charge is 0.193 e. The first kappa shape index (κ1) is 19.4. The average molecular weight is 388 g/mol. The summed E-state index contributed by atoms with van der Waals surface area (Å²) in [6.45, 7) is 7.45. The van der Waals surface area contributed by atoms with Crippen LogP contribution in [-0.4, -0.2) is 64.0 Å². The molecule has 0 spiro atoms. The zero-order valence-corrected chi connectivity index (χ0v) is 17.7. The zero-order valence-electron chi connectivity index (χ0n) is 17.7. The van der Waals surface area contributed by atoms with Gasteiger partial charge in [-0.1, -0.05) is 13.8 Å². The summed E-state index contributed by atoms with van der Waals surface area (Å²) in [5, 5.41) is 3.77. The van der Waals surface area contributed by atoms with Crippen LogP contribution in [0.3, 0.4) is 0 Å². The van der Waals surface area contributed by atoms with E-state index in [9.17, 15) is 0 Å². The van der Waals surface area contributed by atoms with Gasteiger partial charge in [-0.05, 0) is 30.5 Å². The summed E-state index contributed by atoms with van der Waals surface area (Å²) >= 11 is 0. The summed E-state index contributed by atoms with van der Waals surface area (Å²) in [4.78, 5) is 6.99. The van der Waals surface area contributed by atoms with E-state index in [2.05, 4.69) is 41.2 Å². The Bertz CT molecular complexity index is 726. The predicted octanol–water partition coefficient (Wildman–Crippen LogP) is 2.88. The van der Waals surface area contributed by atoms with Crippen molar-refractivity contribution in [2.75, 3.05) is 41.0 Å². The van der Waals surface area contributed by atoms with Crippen molar-refractivity contribution in [3.05, 3.63) is 23.8 Å². The Kier molecular flexibility index (Phi) is 5.17. The van der Waals surface area contributed by atoms with Crippen molar-refractivity contribution in [2.45, 2.75) is 44.8 Å². The summed E-state index contributed by atoms with van der Waals surface area (Å²) in [5.41, 5.74) is 1.42. The first-order chi connectivity index (χ1) is 13.5. The highest BCUT2D eigenvalue weighted by atomic mass is 16.5. The van der Waals surface area contributed by atoms with Crippen molar-refractivity contribution in [1.29, 1.82) is 0 Å². The van der Waals surface area contributed by atoms with Gasteiger partial charge in [-0.15, -0.1) is 0 Å². The highest BCUT2D eigenvalue weighted by Gasteiger charge is 2.59. The molecule has 3 fully saturated rings. The molecule has 0 aromatic heterocycles. The minimum atomic E-state index is 0.149. The first-order valence-corrected chi connectivity index (χ1v) is 10.3. The molecule has 1 aromatic carbocycles. The predicted molar refractivity (Wildman–Crippen MR) is 110 cm³/mol. The lowest BCUT2D eigenvalue weighted by atomic mass is 9.57. The van der Waals surface area contributed by atoms with Crippen molar-refractivity contribution >= 4 is 5.96 Å². The fraction of sp³-hybridized carbons (Fsp3) is 0.682. The molecule has 3 aliphatic rings. The summed E-state index contributed by atoms with van der Waals surface area (Å²) in [6, 6.07) is 6.61. The Balaban J connectivity index is 1.44. The molecule has 2 aliphatic heterocycles. The maximum atomic E-state index is 5.94. The molecular formula is C22H33N3O3. The van der Waals surface area contributed by atoms with E-state index >= 15 is 0 Å². The largest absolute Gasteiger partial charge is 0.497 e. The highest BCUT2D eigenvalue weighted by Crippen LogP contribution is 2.52. The summed E-state index contributed by atoms with van der Waals surface area (Å²) in [7, 11) is 5.29. The van der Waals surface area contributed by atoms with Gasteiger partial charge in [0.2, 0.25) is 0 Å². The maximum absolute atomic E-state index is 5.94. The molecule has 1 saturated carbocycles. The number of nitrogens with one attached hydrogen (secondary N) is 1. The maximum Gasteiger partial charge on any atom is 0.193 e. The first-order valence-electron chi connectivity index (χ1n) is 10.3. The number of nitrogens with zero attached hydrogens (tertiary/aromatic N) is 2. The third-order valence-corrected chi connectivity index (χ3v) is 6.93. The molecule has 4 rings (SSSR count). The minimum Gasteiger partial charge on any atom is -0.497 e. The Morgan fingerprint density at radius 2 is 1.89 bits per heavy atom. The molecule has 4 unspecified atom stereocenters.